The van der Waals surface area contributed by atoms with Crippen LogP contribution < -0.4 is 5.32 Å². The van der Waals surface area contributed by atoms with E-state index in [-0.39, 0.29) is 5.91 Å². The molecule has 1 atom stereocenters. The first-order valence-corrected chi connectivity index (χ1v) is 12.4. The summed E-state index contributed by atoms with van der Waals surface area (Å²) in [4.78, 5) is 19.8. The zero-order chi connectivity index (χ0) is 19.3. The summed E-state index contributed by atoms with van der Waals surface area (Å²) in [6.45, 7) is 2.31. The van der Waals surface area contributed by atoms with Crippen molar-refractivity contribution in [2.45, 2.75) is 26.2 Å². The van der Waals surface area contributed by atoms with E-state index in [2.05, 4.69) is 40.3 Å². The third-order valence-electron chi connectivity index (χ3n) is 5.04. The zero-order valence-electron chi connectivity index (χ0n) is 15.1. The number of fused-ring (bicyclic) bond motifs is 2. The molecular formula is C21H17BrN2OS3. The van der Waals surface area contributed by atoms with Gasteiger partial charge in [0.2, 0.25) is 0 Å². The van der Waals surface area contributed by atoms with E-state index in [0.29, 0.717) is 10.8 Å². The molecule has 28 heavy (non-hydrogen) atoms. The Bertz CT molecular complexity index is 1160. The summed E-state index contributed by atoms with van der Waals surface area (Å²) >= 11 is 8.33. The molecule has 0 saturated heterocycles. The van der Waals surface area contributed by atoms with E-state index >= 15 is 0 Å². The number of carbonyl (C=O) groups is 1. The first-order chi connectivity index (χ1) is 13.6. The molecule has 0 saturated carbocycles. The molecule has 0 bridgehead atoms. The van der Waals surface area contributed by atoms with E-state index in [1.807, 2.05) is 24.3 Å². The number of anilines is 1. The molecule has 3 aromatic heterocycles. The van der Waals surface area contributed by atoms with Crippen LogP contribution in [0, 0.1) is 5.92 Å². The highest BCUT2D eigenvalue weighted by molar-refractivity contribution is 9.11. The molecule has 1 unspecified atom stereocenters. The number of hydrogen-bond acceptors (Lipinski definition) is 5. The van der Waals surface area contributed by atoms with Gasteiger partial charge in [-0.2, -0.15) is 0 Å². The Morgan fingerprint density at radius 1 is 1.18 bits per heavy atom. The number of rotatable bonds is 3. The van der Waals surface area contributed by atoms with Crippen LogP contribution in [0.2, 0.25) is 0 Å². The average Bonchev–Trinajstić information content (AvgIpc) is 3.36. The Kier molecular flexibility index (Phi) is 4.87. The fraction of sp³-hybridized carbons (Fsp3) is 0.238. The molecule has 1 aliphatic rings. The van der Waals surface area contributed by atoms with E-state index in [9.17, 15) is 4.79 Å². The monoisotopic (exact) mass is 488 g/mol. The zero-order valence-corrected chi connectivity index (χ0v) is 19.2. The van der Waals surface area contributed by atoms with Gasteiger partial charge in [0.15, 0.2) is 0 Å². The van der Waals surface area contributed by atoms with Gasteiger partial charge in [0, 0.05) is 10.4 Å². The van der Waals surface area contributed by atoms with Gasteiger partial charge in [0.1, 0.15) is 10.0 Å². The molecule has 0 radical (unpaired) electrons. The second-order valence-electron chi connectivity index (χ2n) is 7.10. The molecule has 1 N–H and O–H groups in total. The van der Waals surface area contributed by atoms with Gasteiger partial charge in [-0.3, -0.25) is 4.79 Å². The topological polar surface area (TPSA) is 42.0 Å². The first-order valence-electron chi connectivity index (χ1n) is 9.15. The van der Waals surface area contributed by atoms with E-state index < -0.39 is 0 Å². The lowest BCUT2D eigenvalue weighted by molar-refractivity contribution is 0.103. The predicted molar refractivity (Wildman–Crippen MR) is 124 cm³/mol. The molecule has 142 valence electrons. The lowest BCUT2D eigenvalue weighted by Gasteiger charge is -2.18. The van der Waals surface area contributed by atoms with Crippen molar-refractivity contribution in [3.05, 3.63) is 55.5 Å². The number of benzene rings is 1. The first kappa shape index (κ1) is 18.5. The third kappa shape index (κ3) is 3.34. The quantitative estimate of drug-likeness (QED) is 0.330. The lowest BCUT2D eigenvalue weighted by atomic mass is 9.88. The van der Waals surface area contributed by atoms with Gasteiger partial charge in [-0.25, -0.2) is 4.98 Å². The van der Waals surface area contributed by atoms with Crippen LogP contribution in [0.4, 0.5) is 5.00 Å². The van der Waals surface area contributed by atoms with E-state index in [0.717, 1.165) is 37.7 Å². The highest BCUT2D eigenvalue weighted by atomic mass is 79.9. The Labute approximate surface area is 183 Å². The summed E-state index contributed by atoms with van der Waals surface area (Å²) in [6, 6.07) is 12.0. The number of thiophene rings is 2. The summed E-state index contributed by atoms with van der Waals surface area (Å²) in [7, 11) is 0. The molecule has 0 aliphatic heterocycles. The fourth-order valence-corrected chi connectivity index (χ4v) is 7.44. The molecule has 3 heterocycles. The highest BCUT2D eigenvalue weighted by Crippen LogP contribution is 2.47. The highest BCUT2D eigenvalue weighted by Gasteiger charge is 2.27. The van der Waals surface area contributed by atoms with Gasteiger partial charge in [0.05, 0.1) is 18.9 Å². The number of nitrogens with one attached hydrogen (secondary N) is 1. The van der Waals surface area contributed by atoms with Crippen LogP contribution in [0.1, 0.15) is 33.5 Å². The van der Waals surface area contributed by atoms with Crippen molar-refractivity contribution in [2.75, 3.05) is 5.32 Å². The summed E-state index contributed by atoms with van der Waals surface area (Å²) < 4.78 is 2.14. The van der Waals surface area contributed by atoms with Gasteiger partial charge in [0.25, 0.3) is 5.91 Å². The van der Waals surface area contributed by atoms with E-state index in [1.54, 1.807) is 22.7 Å². The van der Waals surface area contributed by atoms with Gasteiger partial charge in [-0.15, -0.1) is 34.0 Å². The maximum Gasteiger partial charge on any atom is 0.266 e. The average molecular weight is 489 g/mol. The molecular weight excluding hydrogens is 472 g/mol. The number of thiazole rings is 1. The molecule has 0 fully saturated rings. The molecule has 0 spiro atoms. The summed E-state index contributed by atoms with van der Waals surface area (Å²) in [6.07, 6.45) is 3.32. The van der Waals surface area contributed by atoms with Crippen molar-refractivity contribution in [1.29, 1.82) is 0 Å². The summed E-state index contributed by atoms with van der Waals surface area (Å²) in [5.41, 5.74) is 3.54. The van der Waals surface area contributed by atoms with Crippen LogP contribution in [0.25, 0.3) is 20.8 Å². The van der Waals surface area contributed by atoms with Gasteiger partial charge in [-0.1, -0.05) is 19.1 Å². The third-order valence-corrected chi connectivity index (χ3v) is 8.89. The van der Waals surface area contributed by atoms with Crippen molar-refractivity contribution in [3.8, 4) is 10.6 Å². The Hall–Kier alpha value is -1.54. The maximum atomic E-state index is 12.8. The minimum Gasteiger partial charge on any atom is -0.312 e. The number of halogens is 1. The molecule has 1 aliphatic carbocycles. The summed E-state index contributed by atoms with van der Waals surface area (Å²) in [5, 5.41) is 5.14. The van der Waals surface area contributed by atoms with Crippen LogP contribution >= 0.6 is 49.9 Å². The Morgan fingerprint density at radius 3 is 2.82 bits per heavy atom. The smallest absolute Gasteiger partial charge is 0.266 e. The second-order valence-corrected chi connectivity index (χ2v) is 11.7. The van der Waals surface area contributed by atoms with Gasteiger partial charge < -0.3 is 5.32 Å². The largest absolute Gasteiger partial charge is 0.312 e. The van der Waals surface area contributed by atoms with Gasteiger partial charge in [-0.05, 0) is 70.9 Å². The molecule has 4 aromatic rings. The minimum absolute atomic E-state index is 0.0512. The van der Waals surface area contributed by atoms with Crippen LogP contribution in [-0.2, 0) is 12.8 Å². The standard InChI is InChI=1S/C21H17BrN2OS3/c1-11-6-7-12-16(10-11)28-21(24-19(25)15-8-9-17(22)26-15)18(12)20-23-13-4-2-3-5-14(13)27-20/h2-5,8-9,11H,6-7,10H2,1H3,(H,24,25). The van der Waals surface area contributed by atoms with Crippen molar-refractivity contribution >= 4 is 71.1 Å². The number of amides is 1. The predicted octanol–water partition coefficient (Wildman–Crippen LogP) is 7.23. The maximum absolute atomic E-state index is 12.8. The molecule has 3 nitrogen and oxygen atoms in total. The number of nitrogens with zero attached hydrogens (tertiary/aromatic N) is 1. The van der Waals surface area contributed by atoms with E-state index in [1.165, 1.54) is 32.9 Å². The molecule has 7 heteroatoms. The normalized spacial score (nSPS) is 16.3. The van der Waals surface area contributed by atoms with Crippen LogP contribution in [0.5, 0.6) is 0 Å². The molecule has 1 aromatic carbocycles. The Morgan fingerprint density at radius 2 is 2.04 bits per heavy atom. The lowest BCUT2D eigenvalue weighted by Crippen LogP contribution is -2.10. The van der Waals surface area contributed by atoms with Crippen molar-refractivity contribution in [1.82, 2.24) is 4.98 Å². The number of carbonyl (C=O) groups excluding carboxylic acids is 1. The van der Waals surface area contributed by atoms with Crippen molar-refractivity contribution in [3.63, 3.8) is 0 Å². The number of hydrogen-bond donors (Lipinski definition) is 1. The van der Waals surface area contributed by atoms with Crippen LogP contribution in [0.15, 0.2) is 40.2 Å². The fourth-order valence-electron chi connectivity index (χ4n) is 3.65. The Balaban J connectivity index is 1.60. The SMILES string of the molecule is CC1CCc2c(sc(NC(=O)c3ccc(Br)s3)c2-c2nc3ccccc3s2)C1. The number of aromatic nitrogens is 1. The molecule has 5 rings (SSSR count). The minimum atomic E-state index is -0.0512. The summed E-state index contributed by atoms with van der Waals surface area (Å²) in [5.74, 6) is 0.635. The van der Waals surface area contributed by atoms with Crippen LogP contribution in [0.3, 0.4) is 0 Å². The van der Waals surface area contributed by atoms with E-state index in [4.69, 9.17) is 4.98 Å². The van der Waals surface area contributed by atoms with Crippen molar-refractivity contribution in [2.24, 2.45) is 5.92 Å². The second kappa shape index (κ2) is 7.37. The number of para-hydroxylation sites is 1. The van der Waals surface area contributed by atoms with Gasteiger partial charge >= 0.3 is 0 Å². The molecule has 1 amide bonds. The van der Waals surface area contributed by atoms with Crippen molar-refractivity contribution < 1.29 is 4.79 Å². The van der Waals surface area contributed by atoms with Crippen LogP contribution in [-0.4, -0.2) is 10.9 Å².